The van der Waals surface area contributed by atoms with Crippen molar-refractivity contribution >= 4 is 35.8 Å². The first-order valence-corrected chi connectivity index (χ1v) is 8.65. The number of benzene rings is 1. The Kier molecular flexibility index (Phi) is 9.77. The Labute approximate surface area is 166 Å². The van der Waals surface area contributed by atoms with Gasteiger partial charge in [-0.1, -0.05) is 12.1 Å². The second-order valence-corrected chi connectivity index (χ2v) is 6.15. The van der Waals surface area contributed by atoms with Crippen molar-refractivity contribution in [1.29, 1.82) is 0 Å². The highest BCUT2D eigenvalue weighted by atomic mass is 127. The van der Waals surface area contributed by atoms with E-state index in [0.29, 0.717) is 37.1 Å². The number of halogens is 2. The fourth-order valence-corrected chi connectivity index (χ4v) is 2.30. The molecule has 0 atom stereocenters. The smallest absolute Gasteiger partial charge is 0.220 e. The van der Waals surface area contributed by atoms with Crippen LogP contribution in [-0.2, 0) is 11.3 Å². The van der Waals surface area contributed by atoms with Gasteiger partial charge >= 0.3 is 0 Å². The fourth-order valence-electron chi connectivity index (χ4n) is 2.30. The molecule has 1 aliphatic rings. The average Bonchev–Trinajstić information content (AvgIpc) is 3.36. The van der Waals surface area contributed by atoms with Gasteiger partial charge in [0.25, 0.3) is 0 Å². The van der Waals surface area contributed by atoms with E-state index in [-0.39, 0.29) is 35.7 Å². The second-order valence-electron chi connectivity index (χ2n) is 6.15. The van der Waals surface area contributed by atoms with Crippen LogP contribution in [-0.4, -0.2) is 31.0 Å². The van der Waals surface area contributed by atoms with E-state index in [4.69, 9.17) is 0 Å². The van der Waals surface area contributed by atoms with Crippen LogP contribution in [0.4, 0.5) is 4.39 Å². The maximum atomic E-state index is 13.3. The second kappa shape index (κ2) is 11.3. The minimum Gasteiger partial charge on any atom is -0.357 e. The lowest BCUT2D eigenvalue weighted by Crippen LogP contribution is -2.38. The Morgan fingerprint density at radius 3 is 2.72 bits per heavy atom. The zero-order chi connectivity index (χ0) is 17.4. The fraction of sp³-hybridized carbons (Fsp3) is 0.556. The van der Waals surface area contributed by atoms with Crippen molar-refractivity contribution in [2.75, 3.05) is 13.1 Å². The van der Waals surface area contributed by atoms with Crippen LogP contribution in [0, 0.1) is 12.7 Å². The Morgan fingerprint density at radius 2 is 2.08 bits per heavy atom. The number of nitrogens with one attached hydrogen (secondary N) is 3. The highest BCUT2D eigenvalue weighted by Crippen LogP contribution is 2.18. The standard InChI is InChI=1S/C18H27FN4O.HI/c1-3-20-18(21-10-4-5-17(24)23-15-7-8-15)22-12-14-6-9-16(19)13(2)11-14;/h6,9,11,15H,3-5,7-8,10,12H2,1-2H3,(H,23,24)(H2,20,21,22);1H. The summed E-state index contributed by atoms with van der Waals surface area (Å²) in [5, 5.41) is 9.38. The molecule has 1 aromatic rings. The molecule has 1 fully saturated rings. The van der Waals surface area contributed by atoms with Gasteiger partial charge in [0.2, 0.25) is 5.91 Å². The van der Waals surface area contributed by atoms with E-state index in [1.165, 1.54) is 6.07 Å². The molecule has 1 aromatic carbocycles. The minimum absolute atomic E-state index is 0. The molecule has 0 aromatic heterocycles. The SMILES string of the molecule is CCNC(=NCc1ccc(F)c(C)c1)NCCCC(=O)NC1CC1.I. The van der Waals surface area contributed by atoms with Crippen molar-refractivity contribution in [3.63, 3.8) is 0 Å². The van der Waals surface area contributed by atoms with Gasteiger partial charge in [0.1, 0.15) is 5.82 Å². The van der Waals surface area contributed by atoms with Crippen LogP contribution >= 0.6 is 24.0 Å². The van der Waals surface area contributed by atoms with Crippen molar-refractivity contribution in [2.24, 2.45) is 4.99 Å². The normalized spacial score (nSPS) is 13.8. The number of hydrogen-bond donors (Lipinski definition) is 3. The van der Waals surface area contributed by atoms with Gasteiger partial charge in [-0.15, -0.1) is 24.0 Å². The van der Waals surface area contributed by atoms with Gasteiger partial charge in [-0.3, -0.25) is 4.79 Å². The van der Waals surface area contributed by atoms with Crippen LogP contribution in [0.3, 0.4) is 0 Å². The lowest BCUT2D eigenvalue weighted by Gasteiger charge is -2.11. The van der Waals surface area contributed by atoms with E-state index in [1.54, 1.807) is 13.0 Å². The Morgan fingerprint density at radius 1 is 1.32 bits per heavy atom. The Hall–Kier alpha value is -1.38. The van der Waals surface area contributed by atoms with Crippen LogP contribution in [0.25, 0.3) is 0 Å². The molecular weight excluding hydrogens is 434 g/mol. The third-order valence-electron chi connectivity index (χ3n) is 3.80. The van der Waals surface area contributed by atoms with E-state index >= 15 is 0 Å². The summed E-state index contributed by atoms with van der Waals surface area (Å²) in [7, 11) is 0. The van der Waals surface area contributed by atoms with Gasteiger partial charge in [0, 0.05) is 25.6 Å². The molecule has 0 saturated heterocycles. The largest absolute Gasteiger partial charge is 0.357 e. The lowest BCUT2D eigenvalue weighted by molar-refractivity contribution is -0.121. The molecule has 140 valence electrons. The van der Waals surface area contributed by atoms with Crippen molar-refractivity contribution in [1.82, 2.24) is 16.0 Å². The highest BCUT2D eigenvalue weighted by Gasteiger charge is 2.22. The van der Waals surface area contributed by atoms with E-state index in [1.807, 2.05) is 13.0 Å². The predicted octanol–water partition coefficient (Wildman–Crippen LogP) is 2.87. The summed E-state index contributed by atoms with van der Waals surface area (Å²) in [4.78, 5) is 16.1. The van der Waals surface area contributed by atoms with Gasteiger partial charge in [-0.05, 0) is 50.3 Å². The van der Waals surface area contributed by atoms with Gasteiger partial charge in [0.15, 0.2) is 5.96 Å². The molecule has 1 amide bonds. The summed E-state index contributed by atoms with van der Waals surface area (Å²) in [5.41, 5.74) is 1.59. The van der Waals surface area contributed by atoms with Gasteiger partial charge < -0.3 is 16.0 Å². The highest BCUT2D eigenvalue weighted by molar-refractivity contribution is 14.0. The number of guanidine groups is 1. The van der Waals surface area contributed by atoms with Crippen LogP contribution in [0.5, 0.6) is 0 Å². The molecule has 1 aliphatic carbocycles. The van der Waals surface area contributed by atoms with Crippen molar-refractivity contribution in [3.8, 4) is 0 Å². The van der Waals surface area contributed by atoms with E-state index in [2.05, 4.69) is 20.9 Å². The molecule has 7 heteroatoms. The molecule has 5 nitrogen and oxygen atoms in total. The molecule has 25 heavy (non-hydrogen) atoms. The third-order valence-corrected chi connectivity index (χ3v) is 3.80. The van der Waals surface area contributed by atoms with Gasteiger partial charge in [-0.25, -0.2) is 9.38 Å². The number of aliphatic imine (C=N–C) groups is 1. The van der Waals surface area contributed by atoms with E-state index < -0.39 is 0 Å². The van der Waals surface area contributed by atoms with Crippen molar-refractivity contribution in [3.05, 3.63) is 35.1 Å². The molecule has 0 bridgehead atoms. The maximum absolute atomic E-state index is 13.3. The number of carbonyl (C=O) groups excluding carboxylic acids is 1. The molecule has 0 spiro atoms. The van der Waals surface area contributed by atoms with Crippen LogP contribution < -0.4 is 16.0 Å². The van der Waals surface area contributed by atoms with Crippen LogP contribution in [0.1, 0.15) is 43.7 Å². The third kappa shape index (κ3) is 8.51. The molecule has 0 heterocycles. The number of amides is 1. The molecule has 3 N–H and O–H groups in total. The summed E-state index contributed by atoms with van der Waals surface area (Å²) < 4.78 is 13.3. The first-order chi connectivity index (χ1) is 11.6. The first kappa shape index (κ1) is 21.7. The average molecular weight is 462 g/mol. The van der Waals surface area contributed by atoms with Crippen molar-refractivity contribution in [2.45, 2.75) is 52.1 Å². The topological polar surface area (TPSA) is 65.5 Å². The number of rotatable bonds is 8. The Bertz CT molecular complexity index is 590. The number of carbonyl (C=O) groups is 1. The number of aryl methyl sites for hydroxylation is 1. The molecule has 2 rings (SSSR count). The molecular formula is C18H28FIN4O. The van der Waals surface area contributed by atoms with Crippen LogP contribution in [0.15, 0.2) is 23.2 Å². The number of hydrogen-bond acceptors (Lipinski definition) is 2. The summed E-state index contributed by atoms with van der Waals surface area (Å²) in [6.07, 6.45) is 3.52. The monoisotopic (exact) mass is 462 g/mol. The maximum Gasteiger partial charge on any atom is 0.220 e. The predicted molar refractivity (Wildman–Crippen MR) is 110 cm³/mol. The number of nitrogens with zero attached hydrogens (tertiary/aromatic N) is 1. The first-order valence-electron chi connectivity index (χ1n) is 8.65. The Balaban J connectivity index is 0.00000312. The quantitative estimate of drug-likeness (QED) is 0.241. The zero-order valence-corrected chi connectivity index (χ0v) is 17.2. The van der Waals surface area contributed by atoms with E-state index in [9.17, 15) is 9.18 Å². The zero-order valence-electron chi connectivity index (χ0n) is 14.9. The molecule has 1 saturated carbocycles. The van der Waals surface area contributed by atoms with Crippen molar-refractivity contribution < 1.29 is 9.18 Å². The van der Waals surface area contributed by atoms with Crippen LogP contribution in [0.2, 0.25) is 0 Å². The molecule has 0 unspecified atom stereocenters. The lowest BCUT2D eigenvalue weighted by atomic mass is 10.1. The summed E-state index contributed by atoms with van der Waals surface area (Å²) >= 11 is 0. The summed E-state index contributed by atoms with van der Waals surface area (Å²) in [6.45, 7) is 5.68. The molecule has 0 aliphatic heterocycles. The van der Waals surface area contributed by atoms with Gasteiger partial charge in [-0.2, -0.15) is 0 Å². The van der Waals surface area contributed by atoms with Gasteiger partial charge in [0.05, 0.1) is 6.54 Å². The molecule has 0 radical (unpaired) electrons. The minimum atomic E-state index is -0.197. The summed E-state index contributed by atoms with van der Waals surface area (Å²) in [6, 6.07) is 5.45. The van der Waals surface area contributed by atoms with E-state index in [0.717, 1.165) is 31.4 Å². The summed E-state index contributed by atoms with van der Waals surface area (Å²) in [5.74, 6) is 0.641.